The standard InChI is InChI=1S/C10H21N3O5S/c1-2-18-10(15)12-19(16,17)13(6-7-14)8-9-4-3-5-11-9/h9,11,14H,2-8H2,1H3,(H,12,15). The van der Waals surface area contributed by atoms with Crippen molar-refractivity contribution in [3.63, 3.8) is 0 Å². The minimum atomic E-state index is -3.98. The summed E-state index contributed by atoms with van der Waals surface area (Å²) in [4.78, 5) is 11.2. The van der Waals surface area contributed by atoms with Crippen LogP contribution in [0, 0.1) is 0 Å². The normalized spacial score (nSPS) is 19.6. The first kappa shape index (κ1) is 16.2. The lowest BCUT2D eigenvalue weighted by Crippen LogP contribution is -2.49. The van der Waals surface area contributed by atoms with Gasteiger partial charge in [0, 0.05) is 19.1 Å². The van der Waals surface area contributed by atoms with Gasteiger partial charge >= 0.3 is 16.3 Å². The summed E-state index contributed by atoms with van der Waals surface area (Å²) in [6.45, 7) is 2.37. The van der Waals surface area contributed by atoms with Crippen LogP contribution in [0.1, 0.15) is 19.8 Å². The minimum absolute atomic E-state index is 0.0466. The molecule has 0 aromatic rings. The van der Waals surface area contributed by atoms with Crippen LogP contribution in [0.3, 0.4) is 0 Å². The summed E-state index contributed by atoms with van der Waals surface area (Å²) in [7, 11) is -3.98. The number of nitrogens with zero attached hydrogens (tertiary/aromatic N) is 1. The van der Waals surface area contributed by atoms with Crippen molar-refractivity contribution in [3.8, 4) is 0 Å². The van der Waals surface area contributed by atoms with Crippen molar-refractivity contribution in [1.82, 2.24) is 14.3 Å². The SMILES string of the molecule is CCOC(=O)NS(=O)(=O)N(CCO)CC1CCCN1. The zero-order chi connectivity index (χ0) is 14.3. The maximum absolute atomic E-state index is 12.0. The van der Waals surface area contributed by atoms with E-state index in [2.05, 4.69) is 10.1 Å². The number of hydrogen-bond acceptors (Lipinski definition) is 6. The monoisotopic (exact) mass is 295 g/mol. The number of aliphatic hydroxyl groups excluding tert-OH is 1. The quantitative estimate of drug-likeness (QED) is 0.557. The molecule has 1 aliphatic heterocycles. The summed E-state index contributed by atoms with van der Waals surface area (Å²) in [6.07, 6.45) is 0.852. The zero-order valence-electron chi connectivity index (χ0n) is 11.0. The fraction of sp³-hybridized carbons (Fsp3) is 0.900. The van der Waals surface area contributed by atoms with E-state index < -0.39 is 16.3 Å². The van der Waals surface area contributed by atoms with Crippen molar-refractivity contribution in [3.05, 3.63) is 0 Å². The first-order valence-electron chi connectivity index (χ1n) is 6.28. The molecule has 1 atom stereocenters. The molecule has 1 saturated heterocycles. The second-order valence-electron chi connectivity index (χ2n) is 4.20. The number of hydrogen-bond donors (Lipinski definition) is 3. The molecule has 1 rings (SSSR count). The Bertz CT molecular complexity index is 381. The van der Waals surface area contributed by atoms with Crippen molar-refractivity contribution in [2.75, 3.05) is 32.8 Å². The first-order chi connectivity index (χ1) is 8.99. The molecule has 0 spiro atoms. The summed E-state index contributed by atoms with van der Waals surface area (Å²) in [5, 5.41) is 12.1. The fourth-order valence-corrected chi connectivity index (χ4v) is 3.01. The molecule has 1 aliphatic rings. The second-order valence-corrected chi connectivity index (χ2v) is 5.87. The Hall–Kier alpha value is -0.900. The van der Waals surface area contributed by atoms with Crippen molar-refractivity contribution in [1.29, 1.82) is 0 Å². The third kappa shape index (κ3) is 5.31. The van der Waals surface area contributed by atoms with E-state index in [0.29, 0.717) is 0 Å². The molecule has 1 unspecified atom stereocenters. The molecule has 0 bridgehead atoms. The van der Waals surface area contributed by atoms with Crippen LogP contribution >= 0.6 is 0 Å². The molecule has 0 aliphatic carbocycles. The van der Waals surface area contributed by atoms with Gasteiger partial charge in [-0.15, -0.1) is 0 Å². The maximum Gasteiger partial charge on any atom is 0.421 e. The molecule has 0 aromatic heterocycles. The topological polar surface area (TPSA) is 108 Å². The molecule has 0 saturated carbocycles. The van der Waals surface area contributed by atoms with Crippen LogP contribution in [0.4, 0.5) is 4.79 Å². The van der Waals surface area contributed by atoms with Crippen LogP contribution in [0.25, 0.3) is 0 Å². The summed E-state index contributed by atoms with van der Waals surface area (Å²) < 4.78 is 31.3. The lowest BCUT2D eigenvalue weighted by atomic mass is 10.2. The van der Waals surface area contributed by atoms with Gasteiger partial charge in [0.25, 0.3) is 0 Å². The molecule has 1 fully saturated rings. The number of aliphatic hydroxyl groups is 1. The molecule has 1 amide bonds. The van der Waals surface area contributed by atoms with E-state index in [-0.39, 0.29) is 32.3 Å². The average Bonchev–Trinajstić information content (AvgIpc) is 2.81. The Labute approximate surface area is 113 Å². The van der Waals surface area contributed by atoms with E-state index in [0.717, 1.165) is 23.7 Å². The first-order valence-corrected chi connectivity index (χ1v) is 7.72. The van der Waals surface area contributed by atoms with Gasteiger partial charge in [-0.25, -0.2) is 9.52 Å². The van der Waals surface area contributed by atoms with E-state index in [1.54, 1.807) is 6.92 Å². The Morgan fingerprint density at radius 3 is 2.84 bits per heavy atom. The highest BCUT2D eigenvalue weighted by Gasteiger charge is 2.28. The minimum Gasteiger partial charge on any atom is -0.449 e. The summed E-state index contributed by atoms with van der Waals surface area (Å²) in [5.74, 6) is 0. The highest BCUT2D eigenvalue weighted by Crippen LogP contribution is 2.09. The molecule has 9 heteroatoms. The number of carbonyl (C=O) groups excluding carboxylic acids is 1. The third-order valence-electron chi connectivity index (χ3n) is 2.76. The average molecular weight is 295 g/mol. The van der Waals surface area contributed by atoms with Gasteiger partial charge in [0.2, 0.25) is 0 Å². The molecule has 112 valence electrons. The number of ether oxygens (including phenoxy) is 1. The number of carbonyl (C=O) groups is 1. The molecular weight excluding hydrogens is 274 g/mol. The molecule has 3 N–H and O–H groups in total. The largest absolute Gasteiger partial charge is 0.449 e. The molecular formula is C10H21N3O5S. The van der Waals surface area contributed by atoms with Gasteiger partial charge in [0.05, 0.1) is 13.2 Å². The van der Waals surface area contributed by atoms with E-state index in [1.807, 2.05) is 4.72 Å². The lowest BCUT2D eigenvalue weighted by molar-refractivity contribution is 0.157. The predicted octanol–water partition coefficient (Wildman–Crippen LogP) is -0.976. The van der Waals surface area contributed by atoms with Gasteiger partial charge < -0.3 is 15.2 Å². The predicted molar refractivity (Wildman–Crippen MR) is 68.8 cm³/mol. The van der Waals surface area contributed by atoms with Gasteiger partial charge in [-0.1, -0.05) is 0 Å². The van der Waals surface area contributed by atoms with E-state index in [4.69, 9.17) is 5.11 Å². The van der Waals surface area contributed by atoms with E-state index in [9.17, 15) is 13.2 Å². The van der Waals surface area contributed by atoms with Crippen molar-refractivity contribution < 1.29 is 23.1 Å². The number of rotatable bonds is 7. The Kier molecular flexibility index (Phi) is 6.49. The van der Waals surface area contributed by atoms with Gasteiger partial charge in [-0.05, 0) is 26.3 Å². The summed E-state index contributed by atoms with van der Waals surface area (Å²) >= 11 is 0. The van der Waals surface area contributed by atoms with Crippen LogP contribution in [0.2, 0.25) is 0 Å². The van der Waals surface area contributed by atoms with Crippen LogP contribution in [-0.4, -0.2) is 62.8 Å². The smallest absolute Gasteiger partial charge is 0.421 e. The molecule has 8 nitrogen and oxygen atoms in total. The summed E-state index contributed by atoms with van der Waals surface area (Å²) in [5.41, 5.74) is 0. The number of nitrogens with one attached hydrogen (secondary N) is 2. The van der Waals surface area contributed by atoms with Crippen molar-refractivity contribution in [2.45, 2.75) is 25.8 Å². The molecule has 1 heterocycles. The van der Waals surface area contributed by atoms with Gasteiger partial charge in [0.15, 0.2) is 0 Å². The van der Waals surface area contributed by atoms with Crippen LogP contribution in [-0.2, 0) is 14.9 Å². The van der Waals surface area contributed by atoms with E-state index >= 15 is 0 Å². The van der Waals surface area contributed by atoms with Crippen LogP contribution < -0.4 is 10.0 Å². The van der Waals surface area contributed by atoms with Gasteiger partial charge in [-0.2, -0.15) is 12.7 Å². The fourth-order valence-electron chi connectivity index (χ4n) is 1.91. The Balaban J connectivity index is 2.63. The lowest BCUT2D eigenvalue weighted by Gasteiger charge is -2.24. The van der Waals surface area contributed by atoms with Gasteiger partial charge in [-0.3, -0.25) is 0 Å². The second kappa shape index (κ2) is 7.63. The van der Waals surface area contributed by atoms with Crippen molar-refractivity contribution >= 4 is 16.3 Å². The molecule has 19 heavy (non-hydrogen) atoms. The van der Waals surface area contributed by atoms with Gasteiger partial charge in [0.1, 0.15) is 0 Å². The molecule has 0 aromatic carbocycles. The highest BCUT2D eigenvalue weighted by molar-refractivity contribution is 7.87. The highest BCUT2D eigenvalue weighted by atomic mass is 32.2. The van der Waals surface area contributed by atoms with Crippen LogP contribution in [0.5, 0.6) is 0 Å². The van der Waals surface area contributed by atoms with Crippen LogP contribution in [0.15, 0.2) is 0 Å². The Morgan fingerprint density at radius 2 is 2.32 bits per heavy atom. The maximum atomic E-state index is 12.0. The Morgan fingerprint density at radius 1 is 1.58 bits per heavy atom. The number of amides is 1. The van der Waals surface area contributed by atoms with E-state index in [1.165, 1.54) is 0 Å². The summed E-state index contributed by atoms with van der Waals surface area (Å²) in [6, 6.07) is 0.0466. The van der Waals surface area contributed by atoms with Crippen molar-refractivity contribution in [2.24, 2.45) is 0 Å². The zero-order valence-corrected chi connectivity index (χ0v) is 11.8. The molecule has 0 radical (unpaired) electrons. The third-order valence-corrected chi connectivity index (χ3v) is 4.20.